The van der Waals surface area contributed by atoms with E-state index < -0.39 is 11.9 Å². The number of carbonyl (C=O) groups is 3. The Morgan fingerprint density at radius 1 is 1.11 bits per heavy atom. The first-order chi connectivity index (χ1) is 9.02. The standard InChI is InChI=1S/C8H6O4.C5H10O2/c9-7(10)5-1-2-6(4-3-5)8(11)12;1-2-3-4-7-5-6/h1-4H,(H,9,10)(H,11,12);5H,2-4H2,1H3. The lowest BCUT2D eigenvalue weighted by atomic mass is 10.1. The smallest absolute Gasteiger partial charge is 0.335 e. The fourth-order valence-corrected chi connectivity index (χ4v) is 1.03. The van der Waals surface area contributed by atoms with Crippen LogP contribution in [0.25, 0.3) is 0 Å². The molecule has 0 bridgehead atoms. The van der Waals surface area contributed by atoms with E-state index in [1.807, 2.05) is 6.92 Å². The molecule has 0 aliphatic heterocycles. The van der Waals surface area contributed by atoms with E-state index >= 15 is 0 Å². The van der Waals surface area contributed by atoms with Crippen molar-refractivity contribution >= 4 is 18.4 Å². The summed E-state index contributed by atoms with van der Waals surface area (Å²) in [6, 6.07) is 5.02. The molecule has 2 N–H and O–H groups in total. The number of benzene rings is 1. The van der Waals surface area contributed by atoms with Crippen molar-refractivity contribution in [1.82, 2.24) is 0 Å². The first-order valence-electron chi connectivity index (χ1n) is 5.64. The molecular weight excluding hydrogens is 252 g/mol. The van der Waals surface area contributed by atoms with Crippen LogP contribution in [0.2, 0.25) is 0 Å². The molecule has 0 saturated heterocycles. The monoisotopic (exact) mass is 268 g/mol. The number of carboxylic acids is 2. The summed E-state index contributed by atoms with van der Waals surface area (Å²) in [6.45, 7) is 3.10. The highest BCUT2D eigenvalue weighted by molar-refractivity contribution is 5.91. The van der Waals surface area contributed by atoms with Gasteiger partial charge in [-0.1, -0.05) is 13.3 Å². The minimum atomic E-state index is -1.06. The summed E-state index contributed by atoms with van der Waals surface area (Å²) in [6.07, 6.45) is 2.05. The van der Waals surface area contributed by atoms with Crippen LogP contribution in [0, 0.1) is 0 Å². The molecule has 104 valence electrons. The highest BCUT2D eigenvalue weighted by atomic mass is 16.5. The van der Waals surface area contributed by atoms with Gasteiger partial charge in [0.2, 0.25) is 0 Å². The first kappa shape index (κ1) is 16.6. The molecule has 1 rings (SSSR count). The van der Waals surface area contributed by atoms with Crippen LogP contribution in [-0.2, 0) is 9.53 Å². The fourth-order valence-electron chi connectivity index (χ4n) is 1.03. The topological polar surface area (TPSA) is 101 Å². The number of aromatic carboxylic acids is 2. The van der Waals surface area contributed by atoms with Crippen LogP contribution in [-0.4, -0.2) is 35.2 Å². The minimum Gasteiger partial charge on any atom is -0.478 e. The Hall–Kier alpha value is -2.37. The van der Waals surface area contributed by atoms with Crippen molar-refractivity contribution in [3.63, 3.8) is 0 Å². The number of rotatable bonds is 6. The molecule has 0 heterocycles. The SMILES string of the molecule is CCCCOC=O.O=C(O)c1ccc(C(=O)O)cc1. The van der Waals surface area contributed by atoms with Crippen LogP contribution in [0.3, 0.4) is 0 Å². The Morgan fingerprint density at radius 3 is 1.79 bits per heavy atom. The first-order valence-corrected chi connectivity index (χ1v) is 5.64. The molecule has 0 aromatic heterocycles. The molecule has 0 amide bonds. The molecule has 0 atom stereocenters. The number of carboxylic acid groups (broad SMARTS) is 2. The molecular formula is C13H16O6. The van der Waals surface area contributed by atoms with Gasteiger partial charge in [0.1, 0.15) is 0 Å². The molecule has 1 aromatic rings. The number of carbonyl (C=O) groups excluding carboxylic acids is 1. The van der Waals surface area contributed by atoms with Gasteiger partial charge in [0.05, 0.1) is 17.7 Å². The van der Waals surface area contributed by atoms with E-state index in [-0.39, 0.29) is 11.1 Å². The summed E-state index contributed by atoms with van der Waals surface area (Å²) in [5.41, 5.74) is 0.167. The Bertz CT molecular complexity index is 377. The summed E-state index contributed by atoms with van der Waals surface area (Å²) >= 11 is 0. The van der Waals surface area contributed by atoms with E-state index in [0.29, 0.717) is 13.1 Å². The summed E-state index contributed by atoms with van der Waals surface area (Å²) in [5.74, 6) is -2.13. The third-order valence-electron chi connectivity index (χ3n) is 2.06. The number of ether oxygens (including phenoxy) is 1. The quantitative estimate of drug-likeness (QED) is 0.604. The zero-order chi connectivity index (χ0) is 14.7. The minimum absolute atomic E-state index is 0.0833. The normalized spacial score (nSPS) is 8.89. The lowest BCUT2D eigenvalue weighted by Crippen LogP contribution is -1.99. The van der Waals surface area contributed by atoms with Crippen LogP contribution >= 0.6 is 0 Å². The van der Waals surface area contributed by atoms with Gasteiger partial charge in [0, 0.05) is 0 Å². The third-order valence-corrected chi connectivity index (χ3v) is 2.06. The third kappa shape index (κ3) is 7.54. The highest BCUT2D eigenvalue weighted by Crippen LogP contribution is 2.03. The number of hydrogen-bond donors (Lipinski definition) is 2. The second-order valence-corrected chi connectivity index (χ2v) is 3.51. The predicted molar refractivity (Wildman–Crippen MR) is 67.3 cm³/mol. The van der Waals surface area contributed by atoms with Crippen molar-refractivity contribution in [2.45, 2.75) is 19.8 Å². The number of unbranched alkanes of at least 4 members (excludes halogenated alkanes) is 1. The highest BCUT2D eigenvalue weighted by Gasteiger charge is 2.04. The Labute approximate surface area is 110 Å². The summed E-state index contributed by atoms with van der Waals surface area (Å²) in [7, 11) is 0. The van der Waals surface area contributed by atoms with Crippen molar-refractivity contribution < 1.29 is 29.3 Å². The molecule has 0 fully saturated rings. The van der Waals surface area contributed by atoms with E-state index in [2.05, 4.69) is 4.74 Å². The van der Waals surface area contributed by atoms with E-state index in [1.165, 1.54) is 24.3 Å². The van der Waals surface area contributed by atoms with Gasteiger partial charge in [-0.05, 0) is 30.7 Å². The maximum absolute atomic E-state index is 10.3. The molecule has 0 spiro atoms. The largest absolute Gasteiger partial charge is 0.478 e. The van der Waals surface area contributed by atoms with Crippen molar-refractivity contribution in [3.8, 4) is 0 Å². The van der Waals surface area contributed by atoms with Gasteiger partial charge >= 0.3 is 11.9 Å². The molecule has 1 aromatic carbocycles. The Kier molecular flexibility index (Phi) is 8.44. The van der Waals surface area contributed by atoms with Gasteiger partial charge in [0.15, 0.2) is 0 Å². The molecule has 6 nitrogen and oxygen atoms in total. The maximum Gasteiger partial charge on any atom is 0.335 e. The zero-order valence-electron chi connectivity index (χ0n) is 10.5. The van der Waals surface area contributed by atoms with E-state index in [1.54, 1.807) is 0 Å². The van der Waals surface area contributed by atoms with E-state index in [9.17, 15) is 14.4 Å². The average Bonchev–Trinajstić information content (AvgIpc) is 2.40. The molecule has 19 heavy (non-hydrogen) atoms. The van der Waals surface area contributed by atoms with Gasteiger partial charge in [0.25, 0.3) is 6.47 Å². The predicted octanol–water partition coefficient (Wildman–Crippen LogP) is 2.04. The van der Waals surface area contributed by atoms with Crippen LogP contribution < -0.4 is 0 Å². The van der Waals surface area contributed by atoms with Crippen LogP contribution in [0.4, 0.5) is 0 Å². The van der Waals surface area contributed by atoms with Gasteiger partial charge in [-0.25, -0.2) is 9.59 Å². The Morgan fingerprint density at radius 2 is 1.53 bits per heavy atom. The zero-order valence-corrected chi connectivity index (χ0v) is 10.5. The molecule has 0 unspecified atom stereocenters. The molecule has 0 aliphatic carbocycles. The van der Waals surface area contributed by atoms with Crippen molar-refractivity contribution in [1.29, 1.82) is 0 Å². The van der Waals surface area contributed by atoms with Gasteiger partial charge in [-0.2, -0.15) is 0 Å². The maximum atomic E-state index is 10.3. The average molecular weight is 268 g/mol. The van der Waals surface area contributed by atoms with Crippen molar-refractivity contribution in [2.75, 3.05) is 6.61 Å². The van der Waals surface area contributed by atoms with E-state index in [0.717, 1.165) is 12.8 Å². The van der Waals surface area contributed by atoms with Gasteiger partial charge < -0.3 is 14.9 Å². The molecule has 0 radical (unpaired) electrons. The second kappa shape index (κ2) is 9.64. The molecule has 6 heteroatoms. The molecule has 0 aliphatic rings. The lowest BCUT2D eigenvalue weighted by molar-refractivity contribution is -0.128. The summed E-state index contributed by atoms with van der Waals surface area (Å²) in [5, 5.41) is 16.9. The van der Waals surface area contributed by atoms with Gasteiger partial charge in [-0.3, -0.25) is 4.79 Å². The fraction of sp³-hybridized carbons (Fsp3) is 0.308. The van der Waals surface area contributed by atoms with Crippen LogP contribution in [0.5, 0.6) is 0 Å². The van der Waals surface area contributed by atoms with E-state index in [4.69, 9.17) is 10.2 Å². The lowest BCUT2D eigenvalue weighted by Gasteiger charge is -1.94. The van der Waals surface area contributed by atoms with Crippen LogP contribution in [0.15, 0.2) is 24.3 Å². The van der Waals surface area contributed by atoms with Crippen molar-refractivity contribution in [3.05, 3.63) is 35.4 Å². The van der Waals surface area contributed by atoms with Crippen molar-refractivity contribution in [2.24, 2.45) is 0 Å². The number of hydrogen-bond acceptors (Lipinski definition) is 4. The molecule has 0 saturated carbocycles. The van der Waals surface area contributed by atoms with Gasteiger partial charge in [-0.15, -0.1) is 0 Å². The van der Waals surface area contributed by atoms with Crippen LogP contribution in [0.1, 0.15) is 40.5 Å². The summed E-state index contributed by atoms with van der Waals surface area (Å²) < 4.78 is 4.39. The Balaban J connectivity index is 0.000000399. The summed E-state index contributed by atoms with van der Waals surface area (Å²) in [4.78, 5) is 30.1. The second-order valence-electron chi connectivity index (χ2n) is 3.51.